The van der Waals surface area contributed by atoms with Crippen LogP contribution in [-0.4, -0.2) is 17.6 Å². The Bertz CT molecular complexity index is 953. The first-order valence-electron chi connectivity index (χ1n) is 6.92. The third-order valence-corrected chi connectivity index (χ3v) is 6.17. The number of esters is 1. The number of aromatic nitrogens is 1. The Hall–Kier alpha value is -0.510. The van der Waals surface area contributed by atoms with Gasteiger partial charge in [0.25, 0.3) is 0 Å². The maximum Gasteiger partial charge on any atom is 0.355 e. The molecule has 0 fully saturated rings. The molecule has 0 aliphatic heterocycles. The number of hydrogen-bond acceptors (Lipinski definition) is 2. The van der Waals surface area contributed by atoms with Crippen molar-refractivity contribution in [3.05, 3.63) is 64.8 Å². The van der Waals surface area contributed by atoms with Crippen molar-refractivity contribution in [1.29, 1.82) is 0 Å². The van der Waals surface area contributed by atoms with Crippen molar-refractivity contribution in [2.75, 3.05) is 7.11 Å². The number of rotatable bonds is 3. The van der Waals surface area contributed by atoms with E-state index in [-0.39, 0.29) is 5.97 Å². The number of carbonyl (C=O) groups is 1. The Morgan fingerprint density at radius 3 is 2.54 bits per heavy atom. The number of nitrogens with zero attached hydrogens (tertiary/aromatic N) is 1. The molecule has 0 amide bonds. The van der Waals surface area contributed by atoms with Gasteiger partial charge in [-0.3, -0.25) is 0 Å². The highest BCUT2D eigenvalue weighted by Crippen LogP contribution is 2.31. The second-order valence-corrected chi connectivity index (χ2v) is 8.29. The monoisotopic (exact) mass is 585 g/mol. The quantitative estimate of drug-likeness (QED) is 0.279. The Labute approximate surface area is 176 Å². The van der Waals surface area contributed by atoms with Gasteiger partial charge in [0.15, 0.2) is 0 Å². The molecular formula is C17H11Cl2I2NO2. The van der Waals surface area contributed by atoms with Crippen molar-refractivity contribution in [1.82, 2.24) is 4.57 Å². The topological polar surface area (TPSA) is 31.2 Å². The Morgan fingerprint density at radius 2 is 1.88 bits per heavy atom. The first kappa shape index (κ1) is 18.3. The molecule has 1 heterocycles. The fraction of sp³-hybridized carbons (Fsp3) is 0.118. The molecule has 0 spiro atoms. The van der Waals surface area contributed by atoms with Crippen LogP contribution in [0, 0.1) is 7.14 Å². The van der Waals surface area contributed by atoms with Gasteiger partial charge in [-0.1, -0.05) is 29.3 Å². The average molecular weight is 586 g/mol. The predicted octanol–water partition coefficient (Wildman–Crippen LogP) is 5.99. The lowest BCUT2D eigenvalue weighted by Gasteiger charge is -2.11. The summed E-state index contributed by atoms with van der Waals surface area (Å²) in [4.78, 5) is 12.3. The second kappa shape index (κ2) is 7.39. The predicted molar refractivity (Wildman–Crippen MR) is 114 cm³/mol. The number of halogens is 4. The molecule has 0 saturated carbocycles. The summed E-state index contributed by atoms with van der Waals surface area (Å²) in [5.41, 5.74) is 2.48. The van der Waals surface area contributed by atoms with Crippen molar-refractivity contribution in [3.63, 3.8) is 0 Å². The van der Waals surface area contributed by atoms with Crippen LogP contribution < -0.4 is 0 Å². The zero-order chi connectivity index (χ0) is 17.4. The van der Waals surface area contributed by atoms with Crippen molar-refractivity contribution >= 4 is 85.3 Å². The maximum absolute atomic E-state index is 12.3. The number of carbonyl (C=O) groups excluding carboxylic acids is 1. The third kappa shape index (κ3) is 3.40. The Kier molecular flexibility index (Phi) is 5.63. The molecule has 24 heavy (non-hydrogen) atoms. The number of methoxy groups -OCH3 is 1. The highest BCUT2D eigenvalue weighted by molar-refractivity contribution is 14.1. The van der Waals surface area contributed by atoms with E-state index < -0.39 is 0 Å². The Morgan fingerprint density at radius 1 is 1.12 bits per heavy atom. The summed E-state index contributed by atoms with van der Waals surface area (Å²) in [6.45, 7) is 0.501. The first-order chi connectivity index (χ1) is 11.4. The van der Waals surface area contributed by atoms with E-state index in [4.69, 9.17) is 27.9 Å². The molecule has 3 aromatic rings. The van der Waals surface area contributed by atoms with Gasteiger partial charge in [-0.15, -0.1) is 0 Å². The summed E-state index contributed by atoms with van der Waals surface area (Å²) in [7, 11) is 1.39. The zero-order valence-electron chi connectivity index (χ0n) is 12.4. The maximum atomic E-state index is 12.3. The summed E-state index contributed by atoms with van der Waals surface area (Å²) in [5, 5.41) is 2.03. The lowest BCUT2D eigenvalue weighted by molar-refractivity contribution is 0.0588. The van der Waals surface area contributed by atoms with Crippen molar-refractivity contribution in [2.24, 2.45) is 0 Å². The second-order valence-electron chi connectivity index (χ2n) is 5.15. The third-order valence-electron chi connectivity index (χ3n) is 3.67. The molecular weight excluding hydrogens is 575 g/mol. The van der Waals surface area contributed by atoms with E-state index >= 15 is 0 Å². The van der Waals surface area contributed by atoms with Crippen LogP contribution in [0.5, 0.6) is 0 Å². The lowest BCUT2D eigenvalue weighted by atomic mass is 10.2. The van der Waals surface area contributed by atoms with Gasteiger partial charge in [0, 0.05) is 15.5 Å². The van der Waals surface area contributed by atoms with Crippen molar-refractivity contribution in [3.8, 4) is 0 Å². The van der Waals surface area contributed by atoms with Gasteiger partial charge in [0.05, 0.1) is 26.2 Å². The van der Waals surface area contributed by atoms with Gasteiger partial charge < -0.3 is 9.30 Å². The summed E-state index contributed by atoms with van der Waals surface area (Å²) in [6.07, 6.45) is 0. The van der Waals surface area contributed by atoms with Crippen molar-refractivity contribution < 1.29 is 9.53 Å². The van der Waals surface area contributed by atoms with E-state index in [1.165, 1.54) is 7.11 Å². The van der Waals surface area contributed by atoms with Crippen LogP contribution in [0.4, 0.5) is 0 Å². The summed E-state index contributed by atoms with van der Waals surface area (Å²) in [6, 6.07) is 11.6. The highest BCUT2D eigenvalue weighted by atomic mass is 127. The van der Waals surface area contributed by atoms with E-state index in [1.54, 1.807) is 6.07 Å². The molecule has 0 saturated heterocycles. The molecule has 0 unspecified atom stereocenters. The largest absolute Gasteiger partial charge is 0.464 e. The number of hydrogen-bond donors (Lipinski definition) is 0. The van der Waals surface area contributed by atoms with E-state index in [0.29, 0.717) is 22.3 Å². The fourth-order valence-corrected chi connectivity index (χ4v) is 4.32. The molecule has 0 atom stereocenters. The van der Waals surface area contributed by atoms with Gasteiger partial charge in [-0.2, -0.15) is 0 Å². The van der Waals surface area contributed by atoms with E-state index in [0.717, 1.165) is 23.6 Å². The molecule has 0 bridgehead atoms. The van der Waals surface area contributed by atoms with Crippen LogP contribution in [-0.2, 0) is 11.3 Å². The first-order valence-corrected chi connectivity index (χ1v) is 9.83. The molecule has 1 aromatic heterocycles. The summed E-state index contributed by atoms with van der Waals surface area (Å²) >= 11 is 16.6. The van der Waals surface area contributed by atoms with Crippen molar-refractivity contribution in [2.45, 2.75) is 6.54 Å². The molecule has 3 nitrogen and oxygen atoms in total. The molecule has 0 N–H and O–H groups in total. The summed E-state index contributed by atoms with van der Waals surface area (Å²) in [5.74, 6) is -0.356. The van der Waals surface area contributed by atoms with Crippen LogP contribution in [0.1, 0.15) is 16.1 Å². The molecule has 0 aliphatic carbocycles. The SMILES string of the molecule is COC(=O)c1c(I)c2cc(I)ccc2n1Cc1ccc(Cl)c(Cl)c1. The van der Waals surface area contributed by atoms with E-state index in [1.807, 2.05) is 28.8 Å². The normalized spacial score (nSPS) is 11.0. The van der Waals surface area contributed by atoms with Crippen LogP contribution in [0.15, 0.2) is 36.4 Å². The van der Waals surface area contributed by atoms with Crippen LogP contribution in [0.2, 0.25) is 10.0 Å². The highest BCUT2D eigenvalue weighted by Gasteiger charge is 2.22. The van der Waals surface area contributed by atoms with Crippen LogP contribution in [0.3, 0.4) is 0 Å². The van der Waals surface area contributed by atoms with Crippen LogP contribution >= 0.6 is 68.4 Å². The number of benzene rings is 2. The smallest absolute Gasteiger partial charge is 0.355 e. The van der Waals surface area contributed by atoms with Crippen LogP contribution in [0.25, 0.3) is 10.9 Å². The fourth-order valence-electron chi connectivity index (χ4n) is 2.57. The van der Waals surface area contributed by atoms with Gasteiger partial charge in [0.2, 0.25) is 0 Å². The van der Waals surface area contributed by atoms with E-state index in [9.17, 15) is 4.79 Å². The minimum atomic E-state index is -0.356. The zero-order valence-corrected chi connectivity index (χ0v) is 18.3. The van der Waals surface area contributed by atoms with E-state index in [2.05, 4.69) is 51.2 Å². The molecule has 2 aromatic carbocycles. The molecule has 7 heteroatoms. The average Bonchev–Trinajstić information content (AvgIpc) is 2.82. The standard InChI is InChI=1S/C17H11Cl2I2NO2/c1-24-17(23)16-15(21)11-7-10(20)3-5-14(11)22(16)8-9-2-4-12(18)13(19)6-9/h2-7H,8H2,1H3. The lowest BCUT2D eigenvalue weighted by Crippen LogP contribution is -2.12. The molecule has 124 valence electrons. The number of fused-ring (bicyclic) bond motifs is 1. The van der Waals surface area contributed by atoms with Gasteiger partial charge in [0.1, 0.15) is 5.69 Å². The molecule has 0 radical (unpaired) electrons. The van der Waals surface area contributed by atoms with Gasteiger partial charge in [-0.05, 0) is 81.1 Å². The minimum Gasteiger partial charge on any atom is -0.464 e. The van der Waals surface area contributed by atoms with Gasteiger partial charge >= 0.3 is 5.97 Å². The Balaban J connectivity index is 2.21. The molecule has 3 rings (SSSR count). The summed E-state index contributed by atoms with van der Waals surface area (Å²) < 4.78 is 8.94. The van der Waals surface area contributed by atoms with Gasteiger partial charge in [-0.25, -0.2) is 4.79 Å². The number of ether oxygens (including phenoxy) is 1. The molecule has 0 aliphatic rings. The minimum absolute atomic E-state index is 0.356.